The fraction of sp³-hybridized carbons (Fsp3) is 0.179. The second-order valence-electron chi connectivity index (χ2n) is 12.4. The maximum atomic E-state index is 13.9. The number of aromatic amines is 4. The third-order valence-corrected chi connectivity index (χ3v) is 8.64. The first-order chi connectivity index (χ1) is 27.1. The number of nitriles is 1. The lowest BCUT2D eigenvalue weighted by atomic mass is 9.85. The summed E-state index contributed by atoms with van der Waals surface area (Å²) >= 11 is 0. The van der Waals surface area contributed by atoms with E-state index in [0.29, 0.717) is 47.3 Å². The summed E-state index contributed by atoms with van der Waals surface area (Å²) in [6.07, 6.45) is 2.22. The molecule has 0 saturated carbocycles. The zero-order valence-corrected chi connectivity index (χ0v) is 29.8. The van der Waals surface area contributed by atoms with Crippen LogP contribution < -0.4 is 36.2 Å². The second-order valence-corrected chi connectivity index (χ2v) is 12.4. The lowest BCUT2D eigenvalue weighted by molar-refractivity contribution is -0.129. The van der Waals surface area contributed by atoms with Crippen molar-refractivity contribution >= 4 is 11.8 Å². The van der Waals surface area contributed by atoms with Crippen molar-refractivity contribution < 1.29 is 34.0 Å². The molecule has 2 atom stereocenters. The maximum absolute atomic E-state index is 13.9. The van der Waals surface area contributed by atoms with Crippen molar-refractivity contribution in [2.45, 2.75) is 24.7 Å². The molecule has 6 rings (SSSR count). The highest BCUT2D eigenvalue weighted by molar-refractivity contribution is 5.95. The van der Waals surface area contributed by atoms with Gasteiger partial charge in [-0.3, -0.25) is 19.6 Å². The Bertz CT molecular complexity index is 2430. The van der Waals surface area contributed by atoms with E-state index < -0.39 is 46.8 Å². The van der Waals surface area contributed by atoms with Crippen molar-refractivity contribution in [3.05, 3.63) is 140 Å². The van der Waals surface area contributed by atoms with Gasteiger partial charge in [0.1, 0.15) is 34.8 Å². The van der Waals surface area contributed by atoms with Gasteiger partial charge in [0, 0.05) is 19.2 Å². The van der Waals surface area contributed by atoms with Crippen molar-refractivity contribution in [1.29, 1.82) is 5.26 Å². The molecule has 2 unspecified atom stereocenters. The van der Waals surface area contributed by atoms with Crippen LogP contribution in [0.5, 0.6) is 40.6 Å². The van der Waals surface area contributed by atoms with Crippen molar-refractivity contribution in [2.75, 3.05) is 20.2 Å². The number of methoxy groups -OCH3 is 1. The minimum atomic E-state index is -1.63. The van der Waals surface area contributed by atoms with Gasteiger partial charge >= 0.3 is 11.4 Å². The normalized spacial score (nSPS) is 11.9. The molecule has 6 aromatic rings. The smallest absolute Gasteiger partial charge is 0.325 e. The van der Waals surface area contributed by atoms with Gasteiger partial charge in [-0.05, 0) is 78.6 Å². The quantitative estimate of drug-likeness (QED) is 0.0707. The largest absolute Gasteiger partial charge is 0.493 e. The van der Waals surface area contributed by atoms with Crippen molar-refractivity contribution in [3.8, 4) is 46.7 Å². The Kier molecular flexibility index (Phi) is 11.8. The standard InChI is InChI=1S/C39H36N8O9/c1-54-29-15-14-28(21-43-29)56-27-10-4-23(5-11-27)17-19-42-35(49)31(33-37(51)47-39(53)45-33)30(32-36(50)46-38(52)44-32)34(48)41-18-16-22-2-8-25(9-3-22)55-26-12-6-24(20-40)7-13-26/h2-15,21,30-31,50-51H,16-19H2,1H3,(H,41,48)(H,42,49)(H2,44,46,52)(H2,45,47,53). The molecule has 0 radical (unpaired) electrons. The molecule has 3 heterocycles. The van der Waals surface area contributed by atoms with E-state index in [-0.39, 0.29) is 24.5 Å². The number of amides is 2. The summed E-state index contributed by atoms with van der Waals surface area (Å²) < 4.78 is 16.7. The van der Waals surface area contributed by atoms with Crippen LogP contribution in [0.25, 0.3) is 0 Å². The SMILES string of the molecule is COc1ccc(Oc2ccc(CCNC(=O)C(c3[nH]c(=O)[nH]c3O)C(C(=O)NCCc3ccc(Oc4ccc(C#N)cc4)cc3)c3[nH]c(=O)[nH]c3O)cc2)cn1. The van der Waals surface area contributed by atoms with E-state index in [1.165, 1.54) is 13.3 Å². The molecule has 0 aliphatic carbocycles. The third-order valence-electron chi connectivity index (χ3n) is 8.64. The number of carbonyl (C=O) groups is 2. The molecule has 0 fully saturated rings. The molecule has 3 aromatic carbocycles. The molecule has 286 valence electrons. The van der Waals surface area contributed by atoms with E-state index in [4.69, 9.17) is 19.5 Å². The Labute approximate surface area is 318 Å². The van der Waals surface area contributed by atoms with Gasteiger partial charge in [-0.15, -0.1) is 0 Å². The van der Waals surface area contributed by atoms with Gasteiger partial charge in [0.05, 0.1) is 36.3 Å². The van der Waals surface area contributed by atoms with Crippen LogP contribution in [-0.4, -0.2) is 67.1 Å². The van der Waals surface area contributed by atoms with Gasteiger partial charge in [-0.1, -0.05) is 24.3 Å². The molecule has 8 N–H and O–H groups in total. The first-order valence-corrected chi connectivity index (χ1v) is 17.2. The fourth-order valence-electron chi connectivity index (χ4n) is 5.87. The Hall–Kier alpha value is -7.74. The number of imidazole rings is 2. The highest BCUT2D eigenvalue weighted by atomic mass is 16.5. The van der Waals surface area contributed by atoms with Crippen LogP contribution in [0, 0.1) is 11.3 Å². The number of nitrogens with one attached hydrogen (secondary N) is 6. The number of nitrogens with zero attached hydrogens (tertiary/aromatic N) is 2. The minimum Gasteiger partial charge on any atom is -0.493 e. The summed E-state index contributed by atoms with van der Waals surface area (Å²) in [5.74, 6) is -3.61. The van der Waals surface area contributed by atoms with E-state index in [2.05, 4.69) is 41.6 Å². The lowest BCUT2D eigenvalue weighted by Gasteiger charge is -2.24. The number of rotatable bonds is 16. The van der Waals surface area contributed by atoms with Crippen LogP contribution in [0.15, 0.2) is 101 Å². The van der Waals surface area contributed by atoms with Gasteiger partial charge in [-0.25, -0.2) is 14.6 Å². The molecule has 3 aromatic heterocycles. The molecular weight excluding hydrogens is 724 g/mol. The molecule has 0 aliphatic heterocycles. The van der Waals surface area contributed by atoms with Crippen LogP contribution >= 0.6 is 0 Å². The van der Waals surface area contributed by atoms with Gasteiger partial charge in [0.2, 0.25) is 29.5 Å². The molecule has 0 aliphatic rings. The highest BCUT2D eigenvalue weighted by Gasteiger charge is 2.42. The van der Waals surface area contributed by atoms with E-state index in [1.807, 2.05) is 0 Å². The Morgan fingerprint density at radius 2 is 1.11 bits per heavy atom. The molecule has 56 heavy (non-hydrogen) atoms. The van der Waals surface area contributed by atoms with Crippen LogP contribution in [0.4, 0.5) is 0 Å². The Morgan fingerprint density at radius 1 is 0.679 bits per heavy atom. The van der Waals surface area contributed by atoms with Crippen LogP contribution in [0.3, 0.4) is 0 Å². The lowest BCUT2D eigenvalue weighted by Crippen LogP contribution is -2.41. The summed E-state index contributed by atoms with van der Waals surface area (Å²) in [4.78, 5) is 65.5. The number of aromatic nitrogens is 5. The monoisotopic (exact) mass is 760 g/mol. The predicted octanol–water partition coefficient (Wildman–Crippen LogP) is 3.58. The van der Waals surface area contributed by atoms with Gasteiger partial charge in [0.15, 0.2) is 0 Å². The zero-order valence-electron chi connectivity index (χ0n) is 29.8. The first-order valence-electron chi connectivity index (χ1n) is 17.2. The van der Waals surface area contributed by atoms with Gasteiger partial charge in [-0.2, -0.15) is 5.26 Å². The molecule has 0 bridgehead atoms. The molecule has 17 nitrogen and oxygen atoms in total. The molecular formula is C39H36N8O9. The van der Waals surface area contributed by atoms with Crippen LogP contribution in [0.1, 0.15) is 39.9 Å². The molecule has 0 spiro atoms. The van der Waals surface area contributed by atoms with E-state index in [0.717, 1.165) is 11.1 Å². The number of carbonyl (C=O) groups excluding carboxylic acids is 2. The summed E-state index contributed by atoms with van der Waals surface area (Å²) in [5, 5.41) is 35.8. The van der Waals surface area contributed by atoms with Crippen LogP contribution in [-0.2, 0) is 22.4 Å². The first kappa shape index (κ1) is 38.0. The summed E-state index contributed by atoms with van der Waals surface area (Å²) in [7, 11) is 1.52. The Morgan fingerprint density at radius 3 is 1.48 bits per heavy atom. The molecule has 17 heteroatoms. The van der Waals surface area contributed by atoms with Gasteiger partial charge < -0.3 is 45.0 Å². The van der Waals surface area contributed by atoms with Crippen molar-refractivity contribution in [3.63, 3.8) is 0 Å². The predicted molar refractivity (Wildman–Crippen MR) is 200 cm³/mol. The number of benzene rings is 3. The van der Waals surface area contributed by atoms with E-state index in [9.17, 15) is 29.4 Å². The third kappa shape index (κ3) is 9.43. The number of ether oxygens (including phenoxy) is 3. The summed E-state index contributed by atoms with van der Waals surface area (Å²) in [6.45, 7) is 0.140. The number of hydrogen-bond acceptors (Lipinski definition) is 11. The van der Waals surface area contributed by atoms with Crippen LogP contribution in [0.2, 0.25) is 0 Å². The number of H-pyrrole nitrogens is 4. The summed E-state index contributed by atoms with van der Waals surface area (Å²) in [6, 6.07) is 26.3. The maximum Gasteiger partial charge on any atom is 0.325 e. The number of pyridine rings is 1. The average molecular weight is 761 g/mol. The molecule has 2 amide bonds. The van der Waals surface area contributed by atoms with Crippen molar-refractivity contribution in [2.24, 2.45) is 0 Å². The zero-order chi connectivity index (χ0) is 39.6. The highest BCUT2D eigenvalue weighted by Crippen LogP contribution is 2.37. The minimum absolute atomic E-state index is 0.0687. The topological polar surface area (TPSA) is 260 Å². The Balaban J connectivity index is 1.13. The van der Waals surface area contributed by atoms with Gasteiger partial charge in [0.25, 0.3) is 0 Å². The summed E-state index contributed by atoms with van der Waals surface area (Å²) in [5.41, 5.74) is -0.195. The second kappa shape index (κ2) is 17.4. The number of aromatic hydroxyl groups is 2. The van der Waals surface area contributed by atoms with E-state index in [1.54, 1.807) is 84.9 Å². The fourth-order valence-corrected chi connectivity index (χ4v) is 5.87. The molecule has 0 saturated heterocycles. The average Bonchev–Trinajstić information content (AvgIpc) is 3.72. The van der Waals surface area contributed by atoms with E-state index >= 15 is 0 Å². The van der Waals surface area contributed by atoms with Crippen molar-refractivity contribution in [1.82, 2.24) is 35.6 Å². The number of hydrogen-bond donors (Lipinski definition) is 8.